The molecule has 2 amide bonds. The molecule has 2 aromatic rings. The summed E-state index contributed by atoms with van der Waals surface area (Å²) in [6, 6.07) is 9.38. The highest BCUT2D eigenvalue weighted by Gasteiger charge is 2.35. The van der Waals surface area contributed by atoms with Crippen LogP contribution < -0.4 is 16.4 Å². The third-order valence-electron chi connectivity index (χ3n) is 3.45. The fraction of sp³-hybridized carbons (Fsp3) is 0.294. The van der Waals surface area contributed by atoms with E-state index in [1.807, 2.05) is 24.3 Å². The number of nitrogens with zero attached hydrogens (tertiary/aromatic N) is 2. The van der Waals surface area contributed by atoms with Crippen molar-refractivity contribution in [1.82, 2.24) is 15.3 Å². The van der Waals surface area contributed by atoms with E-state index < -0.39 is 5.54 Å². The van der Waals surface area contributed by atoms with E-state index >= 15 is 0 Å². The maximum Gasteiger partial charge on any atom is 0.252 e. The van der Waals surface area contributed by atoms with Crippen molar-refractivity contribution in [3.63, 3.8) is 0 Å². The Bertz CT molecular complexity index is 741. The summed E-state index contributed by atoms with van der Waals surface area (Å²) in [5.74, 6) is -0.0143. The zero-order valence-electron chi connectivity index (χ0n) is 14.2. The van der Waals surface area contributed by atoms with Crippen LogP contribution in [0.1, 0.15) is 19.4 Å². The summed E-state index contributed by atoms with van der Waals surface area (Å²) in [6.07, 6.45) is 3.39. The van der Waals surface area contributed by atoms with Crippen LogP contribution in [-0.2, 0) is 16.0 Å². The molecule has 25 heavy (non-hydrogen) atoms. The number of amides is 2. The molecule has 1 heterocycles. The summed E-state index contributed by atoms with van der Waals surface area (Å²) < 4.78 is 0. The molecule has 1 unspecified atom stereocenters. The number of aromatic nitrogens is 2. The lowest BCUT2D eigenvalue weighted by atomic mass is 9.91. The molecule has 2 rings (SSSR count). The van der Waals surface area contributed by atoms with Crippen molar-refractivity contribution < 1.29 is 9.59 Å². The maximum atomic E-state index is 12.8. The summed E-state index contributed by atoms with van der Waals surface area (Å²) >= 11 is 1.51. The molecule has 1 atom stereocenters. The van der Waals surface area contributed by atoms with Gasteiger partial charge in [0.2, 0.25) is 11.9 Å². The minimum atomic E-state index is -1.14. The van der Waals surface area contributed by atoms with E-state index in [-0.39, 0.29) is 17.8 Å². The van der Waals surface area contributed by atoms with Crippen molar-refractivity contribution in [1.29, 1.82) is 0 Å². The SMILES string of the molecule is CC(=O)NC(C)(Cc1cccc(SCN)c1)C(=O)Nc1ncccn1. The van der Waals surface area contributed by atoms with Crippen molar-refractivity contribution in [3.8, 4) is 0 Å². The number of thioether (sulfide) groups is 1. The topological polar surface area (TPSA) is 110 Å². The van der Waals surface area contributed by atoms with Gasteiger partial charge >= 0.3 is 0 Å². The highest BCUT2D eigenvalue weighted by molar-refractivity contribution is 7.99. The van der Waals surface area contributed by atoms with Crippen molar-refractivity contribution in [2.24, 2.45) is 5.73 Å². The first-order chi connectivity index (χ1) is 11.9. The summed E-state index contributed by atoms with van der Waals surface area (Å²) in [5.41, 5.74) is 5.34. The Kier molecular flexibility index (Phi) is 6.49. The Labute approximate surface area is 150 Å². The molecular weight excluding hydrogens is 338 g/mol. The average Bonchev–Trinajstić information content (AvgIpc) is 2.55. The van der Waals surface area contributed by atoms with Gasteiger partial charge < -0.3 is 11.1 Å². The molecule has 1 aromatic carbocycles. The molecule has 0 saturated carbocycles. The van der Waals surface area contributed by atoms with Crippen LogP contribution in [0.5, 0.6) is 0 Å². The normalized spacial score (nSPS) is 12.9. The van der Waals surface area contributed by atoms with Crippen LogP contribution >= 0.6 is 11.8 Å². The molecule has 4 N–H and O–H groups in total. The van der Waals surface area contributed by atoms with Gasteiger partial charge in [0.05, 0.1) is 0 Å². The molecule has 0 spiro atoms. The molecule has 132 valence electrons. The summed E-state index contributed by atoms with van der Waals surface area (Å²) in [5, 5.41) is 5.39. The second-order valence-corrected chi connectivity index (χ2v) is 6.77. The first-order valence-electron chi connectivity index (χ1n) is 7.72. The number of benzene rings is 1. The van der Waals surface area contributed by atoms with E-state index in [9.17, 15) is 9.59 Å². The van der Waals surface area contributed by atoms with Gasteiger partial charge in [-0.3, -0.25) is 14.9 Å². The minimum absolute atomic E-state index is 0.191. The zero-order chi connectivity index (χ0) is 18.3. The smallest absolute Gasteiger partial charge is 0.252 e. The van der Waals surface area contributed by atoms with Gasteiger partial charge in [0.1, 0.15) is 5.54 Å². The maximum absolute atomic E-state index is 12.8. The first kappa shape index (κ1) is 18.9. The molecule has 0 aliphatic rings. The quantitative estimate of drug-likeness (QED) is 0.511. The minimum Gasteiger partial charge on any atom is -0.342 e. The third-order valence-corrected chi connectivity index (χ3v) is 4.20. The number of nitrogens with two attached hydrogens (primary N) is 1. The van der Waals surface area contributed by atoms with Crippen LogP contribution in [0.2, 0.25) is 0 Å². The largest absolute Gasteiger partial charge is 0.342 e. The van der Waals surface area contributed by atoms with E-state index in [2.05, 4.69) is 20.6 Å². The Morgan fingerprint density at radius 1 is 1.24 bits per heavy atom. The number of nitrogens with one attached hydrogen (secondary N) is 2. The molecule has 0 aliphatic heterocycles. The predicted molar refractivity (Wildman–Crippen MR) is 97.9 cm³/mol. The average molecular weight is 359 g/mol. The highest BCUT2D eigenvalue weighted by atomic mass is 32.2. The Morgan fingerprint density at radius 3 is 2.60 bits per heavy atom. The second kappa shape index (κ2) is 8.59. The van der Waals surface area contributed by atoms with Crippen molar-refractivity contribution >= 4 is 29.5 Å². The van der Waals surface area contributed by atoms with Crippen molar-refractivity contribution in [3.05, 3.63) is 48.3 Å². The molecule has 8 heteroatoms. The molecular formula is C17H21N5O2S. The van der Waals surface area contributed by atoms with E-state index in [0.29, 0.717) is 12.3 Å². The molecule has 7 nitrogen and oxygen atoms in total. The molecule has 0 saturated heterocycles. The molecule has 1 aromatic heterocycles. The molecule has 0 fully saturated rings. The van der Waals surface area contributed by atoms with Crippen molar-refractivity contribution in [2.45, 2.75) is 30.7 Å². The summed E-state index contributed by atoms with van der Waals surface area (Å²) in [6.45, 7) is 3.06. The molecule has 0 radical (unpaired) electrons. The summed E-state index contributed by atoms with van der Waals surface area (Å²) in [7, 11) is 0. The van der Waals surface area contributed by atoms with Crippen LogP contribution in [0.25, 0.3) is 0 Å². The number of rotatable bonds is 7. The lowest BCUT2D eigenvalue weighted by molar-refractivity contribution is -0.128. The first-order valence-corrected chi connectivity index (χ1v) is 8.70. The van der Waals surface area contributed by atoms with Gasteiger partial charge in [-0.25, -0.2) is 9.97 Å². The van der Waals surface area contributed by atoms with Gasteiger partial charge in [0, 0.05) is 36.5 Å². The standard InChI is InChI=1S/C17H21N5O2S/c1-12(23)22-17(2,15(24)21-16-19-7-4-8-20-16)10-13-5-3-6-14(9-13)25-11-18/h3-9H,10-11,18H2,1-2H3,(H,22,23)(H,19,20,21,24). The zero-order valence-corrected chi connectivity index (χ0v) is 15.0. The van der Waals surface area contributed by atoms with E-state index in [4.69, 9.17) is 5.73 Å². The number of carbonyl (C=O) groups is 2. The molecule has 0 bridgehead atoms. The lowest BCUT2D eigenvalue weighted by Gasteiger charge is -2.29. The Morgan fingerprint density at radius 2 is 1.96 bits per heavy atom. The van der Waals surface area contributed by atoms with E-state index in [0.717, 1.165) is 10.5 Å². The highest BCUT2D eigenvalue weighted by Crippen LogP contribution is 2.21. The second-order valence-electron chi connectivity index (χ2n) is 5.68. The van der Waals surface area contributed by atoms with Gasteiger partial charge in [-0.15, -0.1) is 11.8 Å². The molecule has 0 aliphatic carbocycles. The van der Waals surface area contributed by atoms with Crippen molar-refractivity contribution in [2.75, 3.05) is 11.2 Å². The fourth-order valence-corrected chi connectivity index (χ4v) is 3.02. The number of carbonyl (C=O) groups excluding carboxylic acids is 2. The number of anilines is 1. The van der Waals surface area contributed by atoms with Crippen LogP contribution in [0.15, 0.2) is 47.6 Å². The fourth-order valence-electron chi connectivity index (χ4n) is 2.42. The van der Waals surface area contributed by atoms with Crippen LogP contribution in [0.3, 0.4) is 0 Å². The van der Waals surface area contributed by atoms with E-state index in [1.54, 1.807) is 13.0 Å². The Hall–Kier alpha value is -2.45. The van der Waals surface area contributed by atoms with Gasteiger partial charge in [0.15, 0.2) is 0 Å². The third kappa shape index (κ3) is 5.54. The lowest BCUT2D eigenvalue weighted by Crippen LogP contribution is -2.55. The predicted octanol–water partition coefficient (Wildman–Crippen LogP) is 1.56. The number of hydrogen-bond acceptors (Lipinski definition) is 6. The monoisotopic (exact) mass is 359 g/mol. The van der Waals surface area contributed by atoms with E-state index in [1.165, 1.54) is 31.1 Å². The van der Waals surface area contributed by atoms with Gasteiger partial charge in [-0.1, -0.05) is 12.1 Å². The summed E-state index contributed by atoms with van der Waals surface area (Å²) in [4.78, 5) is 33.4. The van der Waals surface area contributed by atoms with Crippen LogP contribution in [-0.4, -0.2) is 33.2 Å². The van der Waals surface area contributed by atoms with Gasteiger partial charge in [-0.2, -0.15) is 0 Å². The van der Waals surface area contributed by atoms with Gasteiger partial charge in [-0.05, 0) is 30.7 Å². The van der Waals surface area contributed by atoms with Gasteiger partial charge in [0.25, 0.3) is 5.91 Å². The Balaban J connectivity index is 2.22. The van der Waals surface area contributed by atoms with Crippen LogP contribution in [0.4, 0.5) is 5.95 Å². The van der Waals surface area contributed by atoms with Crippen LogP contribution in [0, 0.1) is 0 Å². The number of hydrogen-bond donors (Lipinski definition) is 3.